The molecule has 1 fully saturated rings. The summed E-state index contributed by atoms with van der Waals surface area (Å²) in [6.45, 7) is 4.00. The zero-order chi connectivity index (χ0) is 11.8. The van der Waals surface area contributed by atoms with Crippen LogP contribution in [0.4, 0.5) is 0 Å². The van der Waals surface area contributed by atoms with Crippen LogP contribution in [0.2, 0.25) is 0 Å². The summed E-state index contributed by atoms with van der Waals surface area (Å²) in [5, 5.41) is 0. The minimum absolute atomic E-state index is 0.0179. The van der Waals surface area contributed by atoms with Crippen molar-refractivity contribution in [1.29, 1.82) is 0 Å². The second-order valence-electron chi connectivity index (χ2n) is 4.63. The van der Waals surface area contributed by atoms with Gasteiger partial charge in [-0.3, -0.25) is 4.79 Å². The van der Waals surface area contributed by atoms with Gasteiger partial charge in [-0.1, -0.05) is 32.3 Å². The molecule has 0 aromatic heterocycles. The van der Waals surface area contributed by atoms with Gasteiger partial charge in [0, 0.05) is 6.42 Å². The highest BCUT2D eigenvalue weighted by atomic mass is 16.5. The van der Waals surface area contributed by atoms with Crippen LogP contribution in [0.5, 0.6) is 0 Å². The van der Waals surface area contributed by atoms with Crippen molar-refractivity contribution in [3.05, 3.63) is 12.2 Å². The number of hydrogen-bond donors (Lipinski definition) is 0. The SMILES string of the molecule is C/C=C/C(OC(=O)CCC)C1CCCCC1. The van der Waals surface area contributed by atoms with E-state index in [0.29, 0.717) is 12.3 Å². The molecule has 0 aromatic rings. The van der Waals surface area contributed by atoms with Gasteiger partial charge in [0.05, 0.1) is 0 Å². The predicted molar refractivity (Wildman–Crippen MR) is 66.2 cm³/mol. The molecule has 1 atom stereocenters. The molecule has 2 nitrogen and oxygen atoms in total. The van der Waals surface area contributed by atoms with Crippen molar-refractivity contribution in [2.24, 2.45) is 5.92 Å². The Balaban J connectivity index is 2.48. The van der Waals surface area contributed by atoms with Gasteiger partial charge in [0.1, 0.15) is 6.10 Å². The summed E-state index contributed by atoms with van der Waals surface area (Å²) in [5.74, 6) is 0.502. The molecule has 0 bridgehead atoms. The fourth-order valence-corrected chi connectivity index (χ4v) is 2.36. The zero-order valence-corrected chi connectivity index (χ0v) is 10.6. The maximum atomic E-state index is 11.5. The molecule has 0 radical (unpaired) electrons. The van der Waals surface area contributed by atoms with Crippen LogP contribution in [-0.4, -0.2) is 12.1 Å². The quantitative estimate of drug-likeness (QED) is 0.523. The van der Waals surface area contributed by atoms with Crippen LogP contribution in [0, 0.1) is 5.92 Å². The van der Waals surface area contributed by atoms with Crippen LogP contribution in [0.25, 0.3) is 0 Å². The highest BCUT2D eigenvalue weighted by molar-refractivity contribution is 5.69. The molecule has 0 amide bonds. The van der Waals surface area contributed by atoms with Crippen molar-refractivity contribution < 1.29 is 9.53 Å². The highest BCUT2D eigenvalue weighted by Crippen LogP contribution is 2.28. The van der Waals surface area contributed by atoms with E-state index in [1.165, 1.54) is 32.1 Å². The number of carbonyl (C=O) groups excluding carboxylic acids is 1. The number of rotatable bonds is 5. The smallest absolute Gasteiger partial charge is 0.306 e. The Bertz CT molecular complexity index is 227. The molecular weight excluding hydrogens is 200 g/mol. The third-order valence-electron chi connectivity index (χ3n) is 3.22. The molecule has 1 saturated carbocycles. The number of ether oxygens (including phenoxy) is 1. The van der Waals surface area contributed by atoms with Gasteiger partial charge in [0.2, 0.25) is 0 Å². The summed E-state index contributed by atoms with van der Waals surface area (Å²) in [6.07, 6.45) is 11.8. The summed E-state index contributed by atoms with van der Waals surface area (Å²) < 4.78 is 5.55. The summed E-state index contributed by atoms with van der Waals surface area (Å²) in [4.78, 5) is 11.5. The van der Waals surface area contributed by atoms with Gasteiger partial charge < -0.3 is 4.74 Å². The number of carbonyl (C=O) groups is 1. The largest absolute Gasteiger partial charge is 0.458 e. The number of esters is 1. The first-order chi connectivity index (χ1) is 7.77. The first kappa shape index (κ1) is 13.3. The fraction of sp³-hybridized carbons (Fsp3) is 0.786. The third-order valence-corrected chi connectivity index (χ3v) is 3.22. The predicted octanol–water partition coefficient (Wildman–Crippen LogP) is 3.85. The summed E-state index contributed by atoms with van der Waals surface area (Å²) in [7, 11) is 0. The molecule has 0 heterocycles. The van der Waals surface area contributed by atoms with Crippen molar-refractivity contribution in [3.8, 4) is 0 Å². The Labute approximate surface area is 99.1 Å². The van der Waals surface area contributed by atoms with E-state index < -0.39 is 0 Å². The first-order valence-electron chi connectivity index (χ1n) is 6.60. The normalized spacial score (nSPS) is 19.9. The van der Waals surface area contributed by atoms with E-state index in [1.54, 1.807) is 0 Å². The standard InChI is InChI=1S/C14H24O2/c1-3-8-13(16-14(15)9-4-2)12-10-6-5-7-11-12/h3,8,12-13H,4-7,9-11H2,1-2H3/b8-3+. The van der Waals surface area contributed by atoms with Gasteiger partial charge in [0.15, 0.2) is 0 Å². The van der Waals surface area contributed by atoms with Gasteiger partial charge in [-0.15, -0.1) is 0 Å². The minimum atomic E-state index is -0.0452. The van der Waals surface area contributed by atoms with Gasteiger partial charge in [-0.25, -0.2) is 0 Å². The van der Waals surface area contributed by atoms with Crippen LogP contribution in [-0.2, 0) is 9.53 Å². The molecule has 1 aliphatic rings. The zero-order valence-electron chi connectivity index (χ0n) is 10.6. The van der Waals surface area contributed by atoms with Crippen LogP contribution < -0.4 is 0 Å². The maximum absolute atomic E-state index is 11.5. The highest BCUT2D eigenvalue weighted by Gasteiger charge is 2.24. The molecule has 92 valence electrons. The monoisotopic (exact) mass is 224 g/mol. The summed E-state index contributed by atoms with van der Waals surface area (Å²) in [5.41, 5.74) is 0. The first-order valence-corrected chi connectivity index (χ1v) is 6.60. The molecule has 0 spiro atoms. The van der Waals surface area contributed by atoms with Crippen molar-refractivity contribution >= 4 is 5.97 Å². The van der Waals surface area contributed by atoms with E-state index in [2.05, 4.69) is 0 Å². The van der Waals surface area contributed by atoms with Crippen molar-refractivity contribution in [3.63, 3.8) is 0 Å². The second kappa shape index (κ2) is 7.48. The van der Waals surface area contributed by atoms with Crippen LogP contribution in [0.3, 0.4) is 0 Å². The summed E-state index contributed by atoms with van der Waals surface area (Å²) >= 11 is 0. The van der Waals surface area contributed by atoms with Gasteiger partial charge in [-0.05, 0) is 38.2 Å². The molecule has 2 heteroatoms. The Kier molecular flexibility index (Phi) is 6.20. The van der Waals surface area contributed by atoms with E-state index in [0.717, 1.165) is 6.42 Å². The van der Waals surface area contributed by atoms with Gasteiger partial charge >= 0.3 is 5.97 Å². The molecule has 0 N–H and O–H groups in total. The Hall–Kier alpha value is -0.790. The lowest BCUT2D eigenvalue weighted by atomic mass is 9.85. The Morgan fingerprint density at radius 2 is 2.06 bits per heavy atom. The molecule has 0 aromatic carbocycles. The lowest BCUT2D eigenvalue weighted by Crippen LogP contribution is -2.26. The molecule has 1 unspecified atom stereocenters. The molecule has 1 aliphatic carbocycles. The Morgan fingerprint density at radius 3 is 2.62 bits per heavy atom. The molecule has 0 saturated heterocycles. The fourth-order valence-electron chi connectivity index (χ4n) is 2.36. The molecule has 1 rings (SSSR count). The molecule has 0 aliphatic heterocycles. The van der Waals surface area contributed by atoms with Gasteiger partial charge in [-0.2, -0.15) is 0 Å². The summed E-state index contributed by atoms with van der Waals surface area (Å²) in [6, 6.07) is 0. The van der Waals surface area contributed by atoms with Crippen molar-refractivity contribution in [2.45, 2.75) is 64.9 Å². The topological polar surface area (TPSA) is 26.3 Å². The van der Waals surface area contributed by atoms with Crippen LogP contribution in [0.1, 0.15) is 58.8 Å². The van der Waals surface area contributed by atoms with Gasteiger partial charge in [0.25, 0.3) is 0 Å². The van der Waals surface area contributed by atoms with Crippen LogP contribution in [0.15, 0.2) is 12.2 Å². The second-order valence-corrected chi connectivity index (χ2v) is 4.63. The van der Waals surface area contributed by atoms with E-state index in [-0.39, 0.29) is 12.1 Å². The van der Waals surface area contributed by atoms with E-state index in [1.807, 2.05) is 26.0 Å². The average Bonchev–Trinajstić information content (AvgIpc) is 2.30. The molecule has 16 heavy (non-hydrogen) atoms. The van der Waals surface area contributed by atoms with Crippen molar-refractivity contribution in [1.82, 2.24) is 0 Å². The third kappa shape index (κ3) is 4.38. The molecular formula is C14H24O2. The van der Waals surface area contributed by atoms with E-state index in [4.69, 9.17) is 4.74 Å². The van der Waals surface area contributed by atoms with E-state index >= 15 is 0 Å². The Morgan fingerprint density at radius 1 is 1.38 bits per heavy atom. The minimum Gasteiger partial charge on any atom is -0.458 e. The van der Waals surface area contributed by atoms with Crippen LogP contribution >= 0.6 is 0 Å². The van der Waals surface area contributed by atoms with E-state index in [9.17, 15) is 4.79 Å². The van der Waals surface area contributed by atoms with Crippen molar-refractivity contribution in [2.75, 3.05) is 0 Å². The average molecular weight is 224 g/mol. The lowest BCUT2D eigenvalue weighted by molar-refractivity contribution is -0.149. The number of allylic oxidation sites excluding steroid dienone is 1. The number of hydrogen-bond acceptors (Lipinski definition) is 2. The lowest BCUT2D eigenvalue weighted by Gasteiger charge is -2.28. The maximum Gasteiger partial charge on any atom is 0.306 e.